The van der Waals surface area contributed by atoms with Crippen LogP contribution in [0.1, 0.15) is 12.6 Å². The number of hydrogen-bond donors (Lipinski definition) is 0. The zero-order valence-corrected chi connectivity index (χ0v) is 10.9. The van der Waals surface area contributed by atoms with Crippen molar-refractivity contribution in [2.75, 3.05) is 7.11 Å². The summed E-state index contributed by atoms with van der Waals surface area (Å²) in [6, 6.07) is 0. The molecule has 0 spiro atoms. The Hall–Kier alpha value is -1.82. The number of halogens is 1. The summed E-state index contributed by atoms with van der Waals surface area (Å²) in [5.74, 6) is 0.0572. The van der Waals surface area contributed by atoms with Gasteiger partial charge >= 0.3 is 0 Å². The van der Waals surface area contributed by atoms with Gasteiger partial charge in [-0.25, -0.2) is 9.97 Å². The Balaban J connectivity index is 2.39. The highest BCUT2D eigenvalue weighted by Gasteiger charge is 2.11. The normalized spacial score (nSPS) is 10.6. The molecule has 0 aromatic carbocycles. The van der Waals surface area contributed by atoms with E-state index in [2.05, 4.69) is 9.97 Å². The second-order valence-corrected chi connectivity index (χ2v) is 4.03. The molecule has 0 amide bonds. The lowest BCUT2D eigenvalue weighted by molar-refractivity contribution is 0.400. The molecule has 0 aliphatic carbocycles. The summed E-state index contributed by atoms with van der Waals surface area (Å²) < 4.78 is 8.33. The number of ether oxygens (including phenoxy) is 1. The second kappa shape index (κ2) is 5.22. The van der Waals surface area contributed by atoms with E-state index in [9.17, 15) is 4.79 Å². The van der Waals surface area contributed by atoms with Crippen molar-refractivity contribution in [3.05, 3.63) is 40.1 Å². The van der Waals surface area contributed by atoms with E-state index in [4.69, 9.17) is 16.3 Å². The number of rotatable bonds is 4. The van der Waals surface area contributed by atoms with Gasteiger partial charge in [0.05, 0.1) is 32.0 Å². The molecule has 7 heteroatoms. The third kappa shape index (κ3) is 2.24. The van der Waals surface area contributed by atoms with Crippen LogP contribution in [0.2, 0.25) is 5.15 Å². The molecular weight excluding hydrogens is 256 g/mol. The van der Waals surface area contributed by atoms with Gasteiger partial charge in [-0.3, -0.25) is 9.36 Å². The zero-order valence-electron chi connectivity index (χ0n) is 10.1. The van der Waals surface area contributed by atoms with Crippen molar-refractivity contribution in [3.63, 3.8) is 0 Å². The van der Waals surface area contributed by atoms with E-state index in [1.807, 2.05) is 11.5 Å². The molecule has 2 aromatic heterocycles. The van der Waals surface area contributed by atoms with E-state index in [1.165, 1.54) is 18.0 Å². The first-order valence-corrected chi connectivity index (χ1v) is 5.83. The summed E-state index contributed by atoms with van der Waals surface area (Å²) in [7, 11) is 1.39. The summed E-state index contributed by atoms with van der Waals surface area (Å²) in [6.07, 6.45) is 4.85. The van der Waals surface area contributed by atoms with Crippen LogP contribution < -0.4 is 10.3 Å². The van der Waals surface area contributed by atoms with Crippen LogP contribution in [0.25, 0.3) is 0 Å². The minimum Gasteiger partial charge on any atom is -0.489 e. The summed E-state index contributed by atoms with van der Waals surface area (Å²) in [5, 5.41) is 0.0720. The van der Waals surface area contributed by atoms with Crippen molar-refractivity contribution in [2.24, 2.45) is 0 Å². The highest BCUT2D eigenvalue weighted by Crippen LogP contribution is 2.15. The fourth-order valence-electron chi connectivity index (χ4n) is 1.67. The Morgan fingerprint density at radius 2 is 2.17 bits per heavy atom. The molecule has 0 fully saturated rings. The van der Waals surface area contributed by atoms with Gasteiger partial charge in [-0.15, -0.1) is 0 Å². The van der Waals surface area contributed by atoms with Gasteiger partial charge in [0, 0.05) is 12.7 Å². The van der Waals surface area contributed by atoms with Gasteiger partial charge < -0.3 is 9.30 Å². The highest BCUT2D eigenvalue weighted by atomic mass is 35.5. The van der Waals surface area contributed by atoms with Crippen LogP contribution in [-0.2, 0) is 13.1 Å². The Labute approximate surface area is 109 Å². The van der Waals surface area contributed by atoms with Crippen LogP contribution in [-0.4, -0.2) is 26.2 Å². The molecule has 0 saturated carbocycles. The Morgan fingerprint density at radius 1 is 1.39 bits per heavy atom. The number of hydrogen-bond acceptors (Lipinski definition) is 4. The SMILES string of the molecule is CCn1cncc1Cn1cnc(Cl)c(OC)c1=O. The van der Waals surface area contributed by atoms with Crippen LogP contribution in [0, 0.1) is 0 Å². The van der Waals surface area contributed by atoms with Crippen LogP contribution in [0.3, 0.4) is 0 Å². The lowest BCUT2D eigenvalue weighted by Crippen LogP contribution is -2.23. The maximum Gasteiger partial charge on any atom is 0.297 e. The molecule has 0 atom stereocenters. The van der Waals surface area contributed by atoms with E-state index in [0.29, 0.717) is 6.54 Å². The van der Waals surface area contributed by atoms with Crippen LogP contribution in [0.4, 0.5) is 0 Å². The van der Waals surface area contributed by atoms with Crippen molar-refractivity contribution in [3.8, 4) is 5.75 Å². The first kappa shape index (κ1) is 12.6. The fraction of sp³-hybridized carbons (Fsp3) is 0.364. The predicted octanol–water partition coefficient (Wildman–Crippen LogP) is 1.17. The number of imidazole rings is 1. The van der Waals surface area contributed by atoms with Gasteiger partial charge in [0.1, 0.15) is 0 Å². The van der Waals surface area contributed by atoms with Gasteiger partial charge in [-0.1, -0.05) is 11.6 Å². The first-order chi connectivity index (χ1) is 8.67. The lowest BCUT2D eigenvalue weighted by atomic mass is 10.4. The Kier molecular flexibility index (Phi) is 3.66. The minimum atomic E-state index is -0.304. The summed E-state index contributed by atoms with van der Waals surface area (Å²) in [6.45, 7) is 3.18. The zero-order chi connectivity index (χ0) is 13.1. The van der Waals surface area contributed by atoms with Crippen LogP contribution in [0.5, 0.6) is 5.75 Å². The number of aryl methyl sites for hydroxylation is 1. The average Bonchev–Trinajstić information content (AvgIpc) is 2.81. The quantitative estimate of drug-likeness (QED) is 0.781. The monoisotopic (exact) mass is 268 g/mol. The molecule has 2 aromatic rings. The number of nitrogens with zero attached hydrogens (tertiary/aromatic N) is 4. The largest absolute Gasteiger partial charge is 0.489 e. The van der Waals surface area contributed by atoms with Gasteiger partial charge in [-0.05, 0) is 6.92 Å². The maximum atomic E-state index is 12.0. The van der Waals surface area contributed by atoms with Crippen molar-refractivity contribution < 1.29 is 4.74 Å². The average molecular weight is 269 g/mol. The van der Waals surface area contributed by atoms with Gasteiger partial charge in [0.2, 0.25) is 5.75 Å². The van der Waals surface area contributed by atoms with E-state index >= 15 is 0 Å². The number of aromatic nitrogens is 4. The minimum absolute atomic E-state index is 0.0572. The van der Waals surface area contributed by atoms with Gasteiger partial charge in [0.25, 0.3) is 5.56 Å². The summed E-state index contributed by atoms with van der Waals surface area (Å²) in [5.41, 5.74) is 0.618. The molecular formula is C11H13ClN4O2. The van der Waals surface area contributed by atoms with E-state index < -0.39 is 0 Å². The Bertz CT molecular complexity index is 605. The molecule has 0 unspecified atom stereocenters. The molecule has 18 heavy (non-hydrogen) atoms. The molecule has 0 aliphatic rings. The molecule has 2 heterocycles. The van der Waals surface area contributed by atoms with E-state index in [0.717, 1.165) is 12.2 Å². The third-order valence-corrected chi connectivity index (χ3v) is 2.90. The summed E-state index contributed by atoms with van der Waals surface area (Å²) >= 11 is 5.78. The van der Waals surface area contributed by atoms with Crippen molar-refractivity contribution in [1.29, 1.82) is 0 Å². The highest BCUT2D eigenvalue weighted by molar-refractivity contribution is 6.30. The molecule has 0 aliphatic heterocycles. The summed E-state index contributed by atoms with van der Waals surface area (Å²) in [4.78, 5) is 20.0. The van der Waals surface area contributed by atoms with Crippen molar-refractivity contribution in [1.82, 2.24) is 19.1 Å². The van der Waals surface area contributed by atoms with Gasteiger partial charge in [-0.2, -0.15) is 0 Å². The maximum absolute atomic E-state index is 12.0. The second-order valence-electron chi connectivity index (χ2n) is 3.67. The van der Waals surface area contributed by atoms with Crippen molar-refractivity contribution in [2.45, 2.75) is 20.0 Å². The van der Waals surface area contributed by atoms with Crippen LogP contribution >= 0.6 is 11.6 Å². The fourth-order valence-corrected chi connectivity index (χ4v) is 1.87. The molecule has 0 radical (unpaired) electrons. The third-order valence-electron chi connectivity index (χ3n) is 2.63. The topological polar surface area (TPSA) is 61.9 Å². The molecule has 96 valence electrons. The van der Waals surface area contributed by atoms with Gasteiger partial charge in [0.15, 0.2) is 5.15 Å². The standard InChI is InChI=1S/C11H13ClN4O2/c1-3-15-6-13-4-8(15)5-16-7-14-10(12)9(18-2)11(16)17/h4,6-7H,3,5H2,1-2H3. The number of methoxy groups -OCH3 is 1. The Morgan fingerprint density at radius 3 is 2.83 bits per heavy atom. The van der Waals surface area contributed by atoms with E-state index in [-0.39, 0.29) is 16.5 Å². The molecule has 0 N–H and O–H groups in total. The van der Waals surface area contributed by atoms with Crippen molar-refractivity contribution >= 4 is 11.6 Å². The molecule has 0 saturated heterocycles. The smallest absolute Gasteiger partial charge is 0.297 e. The first-order valence-electron chi connectivity index (χ1n) is 5.45. The molecule has 2 rings (SSSR count). The molecule has 6 nitrogen and oxygen atoms in total. The lowest BCUT2D eigenvalue weighted by Gasteiger charge is -2.09. The molecule has 0 bridgehead atoms. The predicted molar refractivity (Wildman–Crippen MR) is 67.1 cm³/mol. The van der Waals surface area contributed by atoms with E-state index in [1.54, 1.807) is 12.5 Å². The van der Waals surface area contributed by atoms with Crippen LogP contribution in [0.15, 0.2) is 23.6 Å².